The molecule has 0 aliphatic carbocycles. The van der Waals surface area contributed by atoms with Crippen LogP contribution in [0, 0.1) is 6.92 Å². The number of carboxylic acid groups (broad SMARTS) is 1. The Morgan fingerprint density at radius 2 is 2.25 bits per heavy atom. The molecule has 0 fully saturated rings. The highest BCUT2D eigenvalue weighted by Gasteiger charge is 2.21. The Kier molecular flexibility index (Phi) is 3.89. The third kappa shape index (κ3) is 2.52. The average Bonchev–Trinajstić information content (AvgIpc) is 2.19. The van der Waals surface area contributed by atoms with Gasteiger partial charge in [0.15, 0.2) is 0 Å². The lowest BCUT2D eigenvalue weighted by Crippen LogP contribution is -2.13. The number of alkyl halides is 2. The third-order valence-corrected chi connectivity index (χ3v) is 2.27. The fraction of sp³-hybridized carbons (Fsp3) is 0.400. The van der Waals surface area contributed by atoms with Gasteiger partial charge in [-0.2, -0.15) is 0 Å². The van der Waals surface area contributed by atoms with Gasteiger partial charge in [-0.15, -0.1) is 0 Å². The van der Waals surface area contributed by atoms with Crippen LogP contribution in [0.4, 0.5) is 8.78 Å². The van der Waals surface area contributed by atoms with Crippen molar-refractivity contribution in [3.63, 3.8) is 0 Å². The molecule has 0 amide bonds. The van der Waals surface area contributed by atoms with Gasteiger partial charge in [0.1, 0.15) is 0 Å². The first-order chi connectivity index (χ1) is 7.47. The molecule has 6 heteroatoms. The van der Waals surface area contributed by atoms with Gasteiger partial charge >= 0.3 is 5.97 Å². The van der Waals surface area contributed by atoms with Crippen LogP contribution in [0.1, 0.15) is 28.8 Å². The number of carbonyl (C=O) groups is 1. The summed E-state index contributed by atoms with van der Waals surface area (Å²) in [4.78, 5) is 14.4. The van der Waals surface area contributed by atoms with Crippen LogP contribution >= 0.6 is 0 Å². The fourth-order valence-electron chi connectivity index (χ4n) is 1.51. The number of rotatable bonds is 4. The van der Waals surface area contributed by atoms with Crippen molar-refractivity contribution in [2.24, 2.45) is 5.73 Å². The number of carboxylic acids is 1. The van der Waals surface area contributed by atoms with Crippen molar-refractivity contribution >= 4 is 5.97 Å². The van der Waals surface area contributed by atoms with E-state index in [1.807, 2.05) is 0 Å². The Balaban J connectivity index is 3.35. The fourth-order valence-corrected chi connectivity index (χ4v) is 1.51. The summed E-state index contributed by atoms with van der Waals surface area (Å²) in [6.45, 7) is 1.42. The van der Waals surface area contributed by atoms with E-state index in [1.54, 1.807) is 6.92 Å². The van der Waals surface area contributed by atoms with Crippen molar-refractivity contribution in [1.82, 2.24) is 4.98 Å². The van der Waals surface area contributed by atoms with Gasteiger partial charge in [0.2, 0.25) is 0 Å². The lowest BCUT2D eigenvalue weighted by molar-refractivity contribution is -0.136. The smallest absolute Gasteiger partial charge is 0.307 e. The molecule has 0 bridgehead atoms. The van der Waals surface area contributed by atoms with Crippen molar-refractivity contribution in [2.75, 3.05) is 0 Å². The molecule has 0 atom stereocenters. The van der Waals surface area contributed by atoms with Crippen LogP contribution in [0.5, 0.6) is 0 Å². The Bertz CT molecular complexity index is 408. The molecule has 0 saturated heterocycles. The molecule has 0 aliphatic heterocycles. The highest BCUT2D eigenvalue weighted by molar-refractivity contribution is 5.71. The van der Waals surface area contributed by atoms with Crippen LogP contribution in [0.2, 0.25) is 0 Å². The van der Waals surface area contributed by atoms with Crippen LogP contribution in [-0.4, -0.2) is 16.1 Å². The number of hydrogen-bond donors (Lipinski definition) is 2. The summed E-state index contributed by atoms with van der Waals surface area (Å²) >= 11 is 0. The van der Waals surface area contributed by atoms with Crippen molar-refractivity contribution < 1.29 is 18.7 Å². The van der Waals surface area contributed by atoms with E-state index in [2.05, 4.69) is 4.98 Å². The van der Waals surface area contributed by atoms with Gasteiger partial charge in [-0.3, -0.25) is 9.78 Å². The normalized spacial score (nSPS) is 10.8. The van der Waals surface area contributed by atoms with E-state index >= 15 is 0 Å². The highest BCUT2D eigenvalue weighted by Crippen LogP contribution is 2.28. The number of pyridine rings is 1. The van der Waals surface area contributed by atoms with Gasteiger partial charge in [-0.05, 0) is 18.1 Å². The number of aromatic nitrogens is 1. The van der Waals surface area contributed by atoms with E-state index in [0.717, 1.165) is 0 Å². The van der Waals surface area contributed by atoms with Gasteiger partial charge in [-0.1, -0.05) is 0 Å². The summed E-state index contributed by atoms with van der Waals surface area (Å²) in [6, 6.07) is 0. The van der Waals surface area contributed by atoms with E-state index < -0.39 is 18.8 Å². The minimum atomic E-state index is -2.76. The first-order valence-electron chi connectivity index (χ1n) is 4.64. The molecule has 0 radical (unpaired) electrons. The molecule has 16 heavy (non-hydrogen) atoms. The Morgan fingerprint density at radius 3 is 2.69 bits per heavy atom. The second-order valence-electron chi connectivity index (χ2n) is 3.36. The van der Waals surface area contributed by atoms with Crippen LogP contribution in [0.3, 0.4) is 0 Å². The number of nitrogens with two attached hydrogens (primary N) is 1. The maximum absolute atomic E-state index is 12.8. The molecule has 88 valence electrons. The number of aliphatic carboxylic acids is 1. The highest BCUT2D eigenvalue weighted by atomic mass is 19.3. The molecular weight excluding hydrogens is 218 g/mol. The molecule has 0 aromatic carbocycles. The minimum absolute atomic E-state index is 0.0526. The standard InChI is InChI=1S/C10H12F2N2O2/c1-5-4-14-7(3-13)9(10(11)12)6(5)2-8(15)16/h4,10H,2-3,13H2,1H3,(H,15,16). The second-order valence-corrected chi connectivity index (χ2v) is 3.36. The second kappa shape index (κ2) is 4.98. The summed E-state index contributed by atoms with van der Waals surface area (Å²) < 4.78 is 25.6. The van der Waals surface area contributed by atoms with Crippen molar-refractivity contribution in [3.8, 4) is 0 Å². The first kappa shape index (κ1) is 12.5. The van der Waals surface area contributed by atoms with E-state index in [4.69, 9.17) is 10.8 Å². The summed E-state index contributed by atoms with van der Waals surface area (Å²) in [7, 11) is 0. The Morgan fingerprint density at radius 1 is 1.62 bits per heavy atom. The van der Waals surface area contributed by atoms with Gasteiger partial charge in [0.25, 0.3) is 6.43 Å². The zero-order valence-corrected chi connectivity index (χ0v) is 8.70. The van der Waals surface area contributed by atoms with Crippen LogP contribution in [0.15, 0.2) is 6.20 Å². The van der Waals surface area contributed by atoms with Crippen LogP contribution in [0.25, 0.3) is 0 Å². The largest absolute Gasteiger partial charge is 0.481 e. The first-order valence-corrected chi connectivity index (χ1v) is 4.64. The predicted octanol–water partition coefficient (Wildman–Crippen LogP) is 1.41. The van der Waals surface area contributed by atoms with Gasteiger partial charge in [0.05, 0.1) is 12.1 Å². The van der Waals surface area contributed by atoms with Gasteiger partial charge in [0, 0.05) is 18.3 Å². The number of nitrogens with zero attached hydrogens (tertiary/aromatic N) is 1. The van der Waals surface area contributed by atoms with Crippen LogP contribution in [-0.2, 0) is 17.8 Å². The van der Waals surface area contributed by atoms with Gasteiger partial charge in [-0.25, -0.2) is 8.78 Å². The molecule has 1 aromatic heterocycles. The zero-order chi connectivity index (χ0) is 12.3. The van der Waals surface area contributed by atoms with Crippen LogP contribution < -0.4 is 5.73 Å². The SMILES string of the molecule is Cc1cnc(CN)c(C(F)F)c1CC(=O)O. The number of halogens is 2. The third-order valence-electron chi connectivity index (χ3n) is 2.27. The zero-order valence-electron chi connectivity index (χ0n) is 8.70. The summed E-state index contributed by atoms with van der Waals surface area (Å²) in [5.74, 6) is -1.15. The number of aryl methyl sites for hydroxylation is 1. The molecule has 0 saturated carbocycles. The molecule has 3 N–H and O–H groups in total. The molecule has 1 rings (SSSR count). The van der Waals surface area contributed by atoms with Crippen molar-refractivity contribution in [3.05, 3.63) is 28.6 Å². The molecule has 1 heterocycles. The predicted molar refractivity (Wildman–Crippen MR) is 53.2 cm³/mol. The number of hydrogen-bond acceptors (Lipinski definition) is 3. The molecule has 0 unspecified atom stereocenters. The Hall–Kier alpha value is -1.56. The minimum Gasteiger partial charge on any atom is -0.481 e. The van der Waals surface area contributed by atoms with E-state index in [1.165, 1.54) is 6.20 Å². The monoisotopic (exact) mass is 230 g/mol. The molecule has 4 nitrogen and oxygen atoms in total. The summed E-state index contributed by atoms with van der Waals surface area (Å²) in [6.07, 6.45) is -1.84. The summed E-state index contributed by atoms with van der Waals surface area (Å²) in [5.41, 5.74) is 5.55. The summed E-state index contributed by atoms with van der Waals surface area (Å²) in [5, 5.41) is 8.66. The maximum Gasteiger partial charge on any atom is 0.307 e. The lowest BCUT2D eigenvalue weighted by Gasteiger charge is -2.13. The molecule has 1 aromatic rings. The average molecular weight is 230 g/mol. The van der Waals surface area contributed by atoms with E-state index in [0.29, 0.717) is 5.56 Å². The van der Waals surface area contributed by atoms with Crippen molar-refractivity contribution in [2.45, 2.75) is 26.3 Å². The topological polar surface area (TPSA) is 76.2 Å². The molecular formula is C10H12F2N2O2. The lowest BCUT2D eigenvalue weighted by atomic mass is 9.99. The van der Waals surface area contributed by atoms with E-state index in [9.17, 15) is 13.6 Å². The van der Waals surface area contributed by atoms with Crippen molar-refractivity contribution in [1.29, 1.82) is 0 Å². The van der Waals surface area contributed by atoms with Gasteiger partial charge < -0.3 is 10.8 Å². The Labute approximate surface area is 91.1 Å². The molecule has 0 aliphatic rings. The quantitative estimate of drug-likeness (QED) is 0.820. The van der Waals surface area contributed by atoms with E-state index in [-0.39, 0.29) is 23.4 Å². The molecule has 0 spiro atoms. The maximum atomic E-state index is 12.8.